The number of aryl methyl sites for hydroxylation is 1. The lowest BCUT2D eigenvalue weighted by Crippen LogP contribution is -2.14. The van der Waals surface area contributed by atoms with Crippen molar-refractivity contribution in [3.8, 4) is 5.75 Å². The van der Waals surface area contributed by atoms with Crippen molar-refractivity contribution in [3.05, 3.63) is 27.9 Å². The topological polar surface area (TPSA) is 63.5 Å². The first-order chi connectivity index (χ1) is 9.51. The summed E-state index contributed by atoms with van der Waals surface area (Å²) in [6.07, 6.45) is 0. The Morgan fingerprint density at radius 2 is 2.20 bits per heavy atom. The molecule has 5 nitrogen and oxygen atoms in total. The molecular weight excluding hydrogens is 324 g/mol. The Balaban J connectivity index is 2.76. The second kappa shape index (κ2) is 5.85. The van der Waals surface area contributed by atoms with Gasteiger partial charge in [0.25, 0.3) is 0 Å². The minimum atomic E-state index is -0.370. The molecule has 1 aromatic carbocycles. The van der Waals surface area contributed by atoms with Gasteiger partial charge in [-0.25, -0.2) is 4.79 Å². The minimum Gasteiger partial charge on any atom is -0.507 e. The molecule has 0 atom stereocenters. The number of esters is 1. The van der Waals surface area contributed by atoms with Gasteiger partial charge in [-0.3, -0.25) is 0 Å². The van der Waals surface area contributed by atoms with Crippen molar-refractivity contribution in [1.82, 2.24) is 9.88 Å². The van der Waals surface area contributed by atoms with Crippen LogP contribution in [0.5, 0.6) is 5.75 Å². The molecule has 0 saturated carbocycles. The molecule has 0 unspecified atom stereocenters. The monoisotopic (exact) mass is 340 g/mol. The van der Waals surface area contributed by atoms with Crippen LogP contribution in [0.3, 0.4) is 0 Å². The number of nitrogens with zero attached hydrogens (tertiary/aromatic N) is 1. The number of fused-ring (bicyclic) bond motifs is 1. The number of phenols is 1. The summed E-state index contributed by atoms with van der Waals surface area (Å²) in [5, 5.41) is 13.6. The van der Waals surface area contributed by atoms with E-state index in [-0.39, 0.29) is 11.7 Å². The summed E-state index contributed by atoms with van der Waals surface area (Å²) in [6.45, 7) is 2.63. The molecule has 108 valence electrons. The molecule has 0 bridgehead atoms. The summed E-state index contributed by atoms with van der Waals surface area (Å²) < 4.78 is 7.66. The second-order valence-corrected chi connectivity index (χ2v) is 5.31. The van der Waals surface area contributed by atoms with Crippen LogP contribution in [0.25, 0.3) is 10.9 Å². The number of carbonyl (C=O) groups excluding carboxylic acids is 1. The van der Waals surface area contributed by atoms with Gasteiger partial charge in [-0.1, -0.05) is 0 Å². The van der Waals surface area contributed by atoms with Gasteiger partial charge in [0.2, 0.25) is 0 Å². The first kappa shape index (κ1) is 14.9. The first-order valence-electron chi connectivity index (χ1n) is 6.32. The third-order valence-corrected chi connectivity index (χ3v) is 3.85. The standard InChI is InChI=1S/C14H17BrN2O3/c1-4-20-14(19)13-8-5-12(18)9(15)6-10(8)17(3)11(13)7-16-2/h5-6,16,18H,4,7H2,1-3H3. The molecule has 0 spiro atoms. The van der Waals surface area contributed by atoms with Crippen LogP contribution in [0.15, 0.2) is 16.6 Å². The number of aromatic nitrogens is 1. The molecule has 20 heavy (non-hydrogen) atoms. The van der Waals surface area contributed by atoms with Gasteiger partial charge in [-0.15, -0.1) is 0 Å². The summed E-state index contributed by atoms with van der Waals surface area (Å²) in [5.74, 6) is -0.269. The number of carbonyl (C=O) groups is 1. The van der Waals surface area contributed by atoms with Crippen LogP contribution in [0, 0.1) is 0 Å². The summed E-state index contributed by atoms with van der Waals surface area (Å²) in [5.41, 5.74) is 2.20. The number of halogens is 1. The Morgan fingerprint density at radius 1 is 1.50 bits per heavy atom. The van der Waals surface area contributed by atoms with E-state index in [2.05, 4.69) is 21.2 Å². The van der Waals surface area contributed by atoms with Gasteiger partial charge >= 0.3 is 5.97 Å². The lowest BCUT2D eigenvalue weighted by atomic mass is 10.1. The third kappa shape index (κ3) is 2.41. The molecule has 2 rings (SSSR count). The number of aromatic hydroxyl groups is 1. The zero-order valence-electron chi connectivity index (χ0n) is 11.7. The van der Waals surface area contributed by atoms with Gasteiger partial charge in [-0.05, 0) is 42.0 Å². The van der Waals surface area contributed by atoms with Crippen LogP contribution < -0.4 is 5.32 Å². The lowest BCUT2D eigenvalue weighted by Gasteiger charge is -2.06. The second-order valence-electron chi connectivity index (χ2n) is 4.45. The first-order valence-corrected chi connectivity index (χ1v) is 7.12. The number of hydrogen-bond donors (Lipinski definition) is 2. The van der Waals surface area contributed by atoms with Crippen molar-refractivity contribution in [2.75, 3.05) is 13.7 Å². The molecule has 0 radical (unpaired) electrons. The Bertz CT molecular complexity index is 664. The molecule has 0 aliphatic carbocycles. The van der Waals surface area contributed by atoms with Crippen LogP contribution in [0.2, 0.25) is 0 Å². The SMILES string of the molecule is CCOC(=O)c1c(CNC)n(C)c2cc(Br)c(O)cc12. The molecule has 2 aromatic rings. The summed E-state index contributed by atoms with van der Waals surface area (Å²) in [4.78, 5) is 12.2. The number of hydrogen-bond acceptors (Lipinski definition) is 4. The van der Waals surface area contributed by atoms with Crippen molar-refractivity contribution >= 4 is 32.8 Å². The van der Waals surface area contributed by atoms with Crippen LogP contribution in [0.1, 0.15) is 23.0 Å². The van der Waals surface area contributed by atoms with Crippen LogP contribution >= 0.6 is 15.9 Å². The number of benzene rings is 1. The van der Waals surface area contributed by atoms with Crippen molar-refractivity contribution in [2.24, 2.45) is 7.05 Å². The highest BCUT2D eigenvalue weighted by atomic mass is 79.9. The van der Waals surface area contributed by atoms with Crippen molar-refractivity contribution < 1.29 is 14.6 Å². The zero-order chi connectivity index (χ0) is 14.9. The molecule has 0 saturated heterocycles. The van der Waals surface area contributed by atoms with Crippen molar-refractivity contribution in [3.63, 3.8) is 0 Å². The highest BCUT2D eigenvalue weighted by Gasteiger charge is 2.22. The molecule has 0 aliphatic rings. The van der Waals surface area contributed by atoms with Gasteiger partial charge in [0.15, 0.2) is 0 Å². The summed E-state index contributed by atoms with van der Waals surface area (Å²) in [7, 11) is 3.71. The molecule has 1 heterocycles. The molecule has 1 aromatic heterocycles. The van der Waals surface area contributed by atoms with Gasteiger partial charge in [0, 0.05) is 24.7 Å². The Morgan fingerprint density at radius 3 is 2.80 bits per heavy atom. The Hall–Kier alpha value is -1.53. The molecule has 0 fully saturated rings. The van der Waals surface area contributed by atoms with E-state index < -0.39 is 0 Å². The molecule has 0 aliphatic heterocycles. The lowest BCUT2D eigenvalue weighted by molar-refractivity contribution is 0.0527. The highest BCUT2D eigenvalue weighted by Crippen LogP contribution is 2.34. The van der Waals surface area contributed by atoms with E-state index in [0.717, 1.165) is 11.2 Å². The maximum Gasteiger partial charge on any atom is 0.340 e. The largest absolute Gasteiger partial charge is 0.507 e. The molecular formula is C14H17BrN2O3. The van der Waals surface area contributed by atoms with Gasteiger partial charge in [0.05, 0.1) is 22.2 Å². The maximum atomic E-state index is 12.2. The average Bonchev–Trinajstić information content (AvgIpc) is 2.65. The highest BCUT2D eigenvalue weighted by molar-refractivity contribution is 9.10. The fourth-order valence-electron chi connectivity index (χ4n) is 2.30. The van der Waals surface area contributed by atoms with Gasteiger partial charge in [-0.2, -0.15) is 0 Å². The quantitative estimate of drug-likeness (QED) is 0.839. The number of rotatable bonds is 4. The third-order valence-electron chi connectivity index (χ3n) is 3.21. The van der Waals surface area contributed by atoms with E-state index in [0.29, 0.717) is 28.6 Å². The van der Waals surface area contributed by atoms with Crippen LogP contribution in [0.4, 0.5) is 0 Å². The maximum absolute atomic E-state index is 12.2. The number of phenolic OH excluding ortho intramolecular Hbond substituents is 1. The van der Waals surface area contributed by atoms with Gasteiger partial charge in [0.1, 0.15) is 5.75 Å². The normalized spacial score (nSPS) is 11.0. The van der Waals surface area contributed by atoms with Gasteiger partial charge < -0.3 is 19.7 Å². The smallest absolute Gasteiger partial charge is 0.340 e. The minimum absolute atomic E-state index is 0.102. The number of nitrogens with one attached hydrogen (secondary N) is 1. The van der Waals surface area contributed by atoms with E-state index in [9.17, 15) is 9.90 Å². The molecule has 2 N–H and O–H groups in total. The average molecular weight is 341 g/mol. The Kier molecular flexibility index (Phi) is 4.35. The summed E-state index contributed by atoms with van der Waals surface area (Å²) >= 11 is 3.30. The fourth-order valence-corrected chi connectivity index (χ4v) is 2.63. The van der Waals surface area contributed by atoms with E-state index in [4.69, 9.17) is 4.74 Å². The van der Waals surface area contributed by atoms with Crippen molar-refractivity contribution in [2.45, 2.75) is 13.5 Å². The zero-order valence-corrected chi connectivity index (χ0v) is 13.2. The predicted molar refractivity (Wildman–Crippen MR) is 81.0 cm³/mol. The van der Waals surface area contributed by atoms with E-state index >= 15 is 0 Å². The molecule has 0 amide bonds. The number of ether oxygens (including phenoxy) is 1. The van der Waals surface area contributed by atoms with E-state index in [1.54, 1.807) is 19.1 Å². The summed E-state index contributed by atoms with van der Waals surface area (Å²) in [6, 6.07) is 3.39. The van der Waals surface area contributed by atoms with Crippen LogP contribution in [-0.4, -0.2) is 29.3 Å². The fraction of sp³-hybridized carbons (Fsp3) is 0.357. The van der Waals surface area contributed by atoms with Crippen molar-refractivity contribution in [1.29, 1.82) is 0 Å². The van der Waals surface area contributed by atoms with E-state index in [1.165, 1.54) is 0 Å². The van der Waals surface area contributed by atoms with E-state index in [1.807, 2.05) is 18.7 Å². The Labute approximate surface area is 125 Å². The van der Waals surface area contributed by atoms with Crippen LogP contribution in [-0.2, 0) is 18.3 Å². The predicted octanol–water partition coefficient (Wildman–Crippen LogP) is 2.54. The molecule has 6 heteroatoms.